The second-order valence-electron chi connectivity index (χ2n) is 10.7. The SMILES string of the molecule is COc1cc2c(cc1-c1cncc(C(N)=O)c1)-c1c(c(C(=O)N3CCOCC3(C)C)nn1-c1cc(Cl)cc(Cl)c1)SC2. The number of halogens is 2. The molecule has 9 nitrogen and oxygen atoms in total. The number of carbonyl (C=O) groups excluding carboxylic acids is 2. The van der Waals surface area contributed by atoms with Gasteiger partial charge in [-0.05, 0) is 55.8 Å². The minimum Gasteiger partial charge on any atom is -0.496 e. The Morgan fingerprint density at radius 2 is 1.83 bits per heavy atom. The monoisotopic (exact) mass is 623 g/mol. The van der Waals surface area contributed by atoms with Crippen LogP contribution < -0.4 is 10.5 Å². The molecule has 0 aliphatic carbocycles. The largest absolute Gasteiger partial charge is 0.496 e. The highest BCUT2D eigenvalue weighted by Crippen LogP contribution is 2.48. The van der Waals surface area contributed by atoms with E-state index >= 15 is 0 Å². The second-order valence-corrected chi connectivity index (χ2v) is 12.6. The lowest BCUT2D eigenvalue weighted by Gasteiger charge is -2.41. The van der Waals surface area contributed by atoms with Crippen molar-refractivity contribution in [2.24, 2.45) is 5.73 Å². The van der Waals surface area contributed by atoms with E-state index in [0.29, 0.717) is 63.8 Å². The smallest absolute Gasteiger partial charge is 0.276 e. The summed E-state index contributed by atoms with van der Waals surface area (Å²) >= 11 is 14.4. The van der Waals surface area contributed by atoms with E-state index in [1.54, 1.807) is 54.0 Å². The van der Waals surface area contributed by atoms with E-state index in [9.17, 15) is 9.59 Å². The third-order valence-electron chi connectivity index (χ3n) is 7.41. The molecule has 1 fully saturated rings. The summed E-state index contributed by atoms with van der Waals surface area (Å²) in [6, 6.07) is 10.8. The van der Waals surface area contributed by atoms with E-state index in [4.69, 9.17) is 43.5 Å². The number of thioether (sulfide) groups is 1. The number of methoxy groups -OCH3 is 1. The van der Waals surface area contributed by atoms with Crippen molar-refractivity contribution >= 4 is 46.8 Å². The summed E-state index contributed by atoms with van der Waals surface area (Å²) in [5, 5.41) is 5.79. The molecule has 2 aliphatic heterocycles. The molecular weight excluding hydrogens is 597 g/mol. The summed E-state index contributed by atoms with van der Waals surface area (Å²) in [7, 11) is 1.59. The van der Waals surface area contributed by atoms with E-state index in [1.165, 1.54) is 6.20 Å². The standard InChI is InChI=1S/C30H27Cl2N5O4S/c1-30(2)15-41-5-4-36(30)29(39)25-27-26(37(35-25)21-9-19(31)8-20(32)10-21)23-11-22(24(40-3)7-18(23)14-42-27)16-6-17(28(33)38)13-34-12-16/h6-13H,4-5,14-15H2,1-3H3,(H2,33,38). The number of fused-ring (bicyclic) bond motifs is 3. The molecule has 2 aliphatic rings. The zero-order chi connectivity index (χ0) is 29.8. The molecule has 2 amide bonds. The summed E-state index contributed by atoms with van der Waals surface area (Å²) in [4.78, 5) is 32.8. The maximum Gasteiger partial charge on any atom is 0.276 e. The van der Waals surface area contributed by atoms with Crippen molar-refractivity contribution < 1.29 is 19.1 Å². The molecule has 216 valence electrons. The van der Waals surface area contributed by atoms with Gasteiger partial charge in [0.15, 0.2) is 5.69 Å². The zero-order valence-corrected chi connectivity index (χ0v) is 25.4. The highest BCUT2D eigenvalue weighted by atomic mass is 35.5. The molecule has 0 spiro atoms. The van der Waals surface area contributed by atoms with Crippen molar-refractivity contribution in [3.63, 3.8) is 0 Å². The first-order valence-corrected chi connectivity index (χ1v) is 14.9. The van der Waals surface area contributed by atoms with Gasteiger partial charge >= 0.3 is 0 Å². The molecule has 4 aromatic rings. The number of pyridine rings is 1. The van der Waals surface area contributed by atoms with Crippen LogP contribution in [0, 0.1) is 0 Å². The molecular formula is C30H27Cl2N5O4S. The van der Waals surface area contributed by atoms with Crippen LogP contribution in [0.5, 0.6) is 5.75 Å². The van der Waals surface area contributed by atoms with Crippen molar-refractivity contribution in [2.75, 3.05) is 26.9 Å². The number of primary amides is 1. The quantitative estimate of drug-likeness (QED) is 0.296. The van der Waals surface area contributed by atoms with Gasteiger partial charge in [0.05, 0.1) is 47.7 Å². The highest BCUT2D eigenvalue weighted by Gasteiger charge is 2.39. The van der Waals surface area contributed by atoms with Crippen LogP contribution in [-0.4, -0.2) is 63.9 Å². The lowest BCUT2D eigenvalue weighted by molar-refractivity contribution is -0.0374. The normalized spacial score (nSPS) is 15.6. The van der Waals surface area contributed by atoms with E-state index in [1.807, 2.05) is 30.9 Å². The van der Waals surface area contributed by atoms with Gasteiger partial charge in [-0.15, -0.1) is 11.8 Å². The summed E-state index contributed by atoms with van der Waals surface area (Å²) < 4.78 is 13.2. The van der Waals surface area contributed by atoms with Crippen molar-refractivity contribution in [1.82, 2.24) is 19.7 Å². The van der Waals surface area contributed by atoms with Crippen LogP contribution >= 0.6 is 35.0 Å². The van der Waals surface area contributed by atoms with Crippen LogP contribution in [0.1, 0.15) is 40.3 Å². The summed E-state index contributed by atoms with van der Waals surface area (Å²) in [6.07, 6.45) is 3.08. The number of ether oxygens (including phenoxy) is 2. The molecule has 0 bridgehead atoms. The molecule has 0 unspecified atom stereocenters. The average molecular weight is 625 g/mol. The molecule has 6 rings (SSSR count). The number of nitrogens with two attached hydrogens (primary N) is 1. The Bertz CT molecular complexity index is 1740. The molecule has 42 heavy (non-hydrogen) atoms. The fourth-order valence-electron chi connectivity index (χ4n) is 5.36. The number of hydrogen-bond acceptors (Lipinski definition) is 7. The van der Waals surface area contributed by atoms with Crippen molar-refractivity contribution in [3.8, 4) is 33.8 Å². The lowest BCUT2D eigenvalue weighted by atomic mass is 9.96. The van der Waals surface area contributed by atoms with E-state index < -0.39 is 11.4 Å². The number of rotatable bonds is 5. The molecule has 0 radical (unpaired) electrons. The Hall–Kier alpha value is -3.57. The summed E-state index contributed by atoms with van der Waals surface area (Å²) in [5.74, 6) is 0.455. The molecule has 2 aromatic heterocycles. The Balaban J connectivity index is 1.59. The van der Waals surface area contributed by atoms with Gasteiger partial charge < -0.3 is 20.1 Å². The van der Waals surface area contributed by atoms with E-state index in [0.717, 1.165) is 21.7 Å². The third kappa shape index (κ3) is 5.02. The van der Waals surface area contributed by atoms with E-state index in [2.05, 4.69) is 4.98 Å². The van der Waals surface area contributed by atoms with Crippen LogP contribution in [0.4, 0.5) is 0 Å². The minimum absolute atomic E-state index is 0.172. The predicted octanol–water partition coefficient (Wildman–Crippen LogP) is 5.87. The van der Waals surface area contributed by atoms with Gasteiger partial charge in [-0.2, -0.15) is 5.10 Å². The number of amides is 2. The first kappa shape index (κ1) is 28.5. The lowest BCUT2D eigenvalue weighted by Crippen LogP contribution is -2.55. The molecule has 2 N–H and O–H groups in total. The van der Waals surface area contributed by atoms with Crippen molar-refractivity contribution in [3.05, 3.63) is 75.7 Å². The van der Waals surface area contributed by atoms with Crippen LogP contribution in [0.15, 0.2) is 53.7 Å². The topological polar surface area (TPSA) is 113 Å². The van der Waals surface area contributed by atoms with E-state index in [-0.39, 0.29) is 11.5 Å². The zero-order valence-electron chi connectivity index (χ0n) is 23.1. The van der Waals surface area contributed by atoms with Crippen LogP contribution in [0.25, 0.3) is 28.1 Å². The molecule has 0 atom stereocenters. The maximum absolute atomic E-state index is 14.1. The number of carbonyl (C=O) groups is 2. The number of benzene rings is 2. The van der Waals surface area contributed by atoms with Crippen LogP contribution in [-0.2, 0) is 10.5 Å². The average Bonchev–Trinajstić information content (AvgIpc) is 3.36. The van der Waals surface area contributed by atoms with Gasteiger partial charge in [0.2, 0.25) is 5.91 Å². The summed E-state index contributed by atoms with van der Waals surface area (Å²) in [5.41, 5.74) is 10.2. The predicted molar refractivity (Wildman–Crippen MR) is 163 cm³/mol. The van der Waals surface area contributed by atoms with Gasteiger partial charge in [-0.1, -0.05) is 23.2 Å². The second kappa shape index (κ2) is 10.9. The van der Waals surface area contributed by atoms with Gasteiger partial charge in [-0.3, -0.25) is 14.6 Å². The highest BCUT2D eigenvalue weighted by molar-refractivity contribution is 7.98. The number of aromatic nitrogens is 3. The van der Waals surface area contributed by atoms with Gasteiger partial charge in [0.25, 0.3) is 5.91 Å². The van der Waals surface area contributed by atoms with Gasteiger partial charge in [0, 0.05) is 51.4 Å². The Kier molecular flexibility index (Phi) is 7.43. The number of hydrogen-bond donors (Lipinski definition) is 1. The minimum atomic E-state index is -0.579. The first-order chi connectivity index (χ1) is 20.1. The fourth-order valence-corrected chi connectivity index (χ4v) is 7.01. The number of morpholine rings is 1. The maximum atomic E-state index is 14.1. The number of nitrogens with zero attached hydrogens (tertiary/aromatic N) is 4. The third-order valence-corrected chi connectivity index (χ3v) is 8.98. The van der Waals surface area contributed by atoms with Crippen LogP contribution in [0.3, 0.4) is 0 Å². The Labute approximate surface area is 256 Å². The van der Waals surface area contributed by atoms with Crippen LogP contribution in [0.2, 0.25) is 10.0 Å². The molecule has 12 heteroatoms. The first-order valence-electron chi connectivity index (χ1n) is 13.2. The Morgan fingerprint density at radius 3 is 2.52 bits per heavy atom. The Morgan fingerprint density at radius 1 is 1.07 bits per heavy atom. The molecule has 2 aromatic carbocycles. The molecule has 0 saturated carbocycles. The molecule has 1 saturated heterocycles. The fraction of sp³-hybridized carbons (Fsp3) is 0.267. The van der Waals surface area contributed by atoms with Crippen molar-refractivity contribution in [1.29, 1.82) is 0 Å². The van der Waals surface area contributed by atoms with Gasteiger partial charge in [0.1, 0.15) is 5.75 Å². The van der Waals surface area contributed by atoms with Crippen molar-refractivity contribution in [2.45, 2.75) is 30.0 Å². The molecule has 4 heterocycles. The van der Waals surface area contributed by atoms with Gasteiger partial charge in [-0.25, -0.2) is 4.68 Å². The summed E-state index contributed by atoms with van der Waals surface area (Å²) in [6.45, 7) is 5.32.